The van der Waals surface area contributed by atoms with Gasteiger partial charge in [-0.2, -0.15) is 0 Å². The predicted molar refractivity (Wildman–Crippen MR) is 88.9 cm³/mol. The fourth-order valence-corrected chi connectivity index (χ4v) is 3.03. The number of methoxy groups -OCH3 is 3. The maximum Gasteiger partial charge on any atom is 0.177 e. The summed E-state index contributed by atoms with van der Waals surface area (Å²) in [5.74, 6) is 0.858. The van der Waals surface area contributed by atoms with E-state index in [-0.39, 0.29) is 34.9 Å². The maximum absolute atomic E-state index is 12.7. The van der Waals surface area contributed by atoms with Crippen LogP contribution < -0.4 is 18.9 Å². The molecule has 0 amide bonds. The molecule has 0 aliphatic carbocycles. The number of rotatable bonds is 3. The van der Waals surface area contributed by atoms with Crippen molar-refractivity contribution in [3.8, 4) is 28.7 Å². The summed E-state index contributed by atoms with van der Waals surface area (Å²) in [6.07, 6.45) is -0.316. The molecule has 2 aromatic rings. The first kappa shape index (κ1) is 16.2. The number of aromatic hydroxyl groups is 1. The summed E-state index contributed by atoms with van der Waals surface area (Å²) in [6.45, 7) is 3.59. The van der Waals surface area contributed by atoms with Crippen LogP contribution in [-0.2, 0) is 0 Å². The first-order valence-electron chi connectivity index (χ1n) is 7.64. The van der Waals surface area contributed by atoms with E-state index in [1.807, 2.05) is 6.92 Å². The van der Waals surface area contributed by atoms with Gasteiger partial charge in [-0.25, -0.2) is 0 Å². The van der Waals surface area contributed by atoms with Crippen molar-refractivity contribution in [1.29, 1.82) is 0 Å². The highest BCUT2D eigenvalue weighted by Crippen LogP contribution is 2.52. The minimum Gasteiger partial charge on any atom is -0.506 e. The Labute approximate surface area is 139 Å². The predicted octanol–water partition coefficient (Wildman–Crippen LogP) is 3.17. The van der Waals surface area contributed by atoms with Crippen LogP contribution in [0.15, 0.2) is 12.1 Å². The molecule has 0 saturated carbocycles. The molecule has 0 fully saturated rings. The Kier molecular flexibility index (Phi) is 3.91. The third-order valence-corrected chi connectivity index (χ3v) is 4.55. The highest BCUT2D eigenvalue weighted by atomic mass is 16.5. The van der Waals surface area contributed by atoms with Gasteiger partial charge in [0, 0.05) is 11.5 Å². The molecule has 2 aromatic carbocycles. The van der Waals surface area contributed by atoms with Crippen LogP contribution in [0.5, 0.6) is 28.7 Å². The molecule has 1 heterocycles. The third-order valence-electron chi connectivity index (χ3n) is 4.55. The van der Waals surface area contributed by atoms with E-state index in [1.54, 1.807) is 19.1 Å². The summed E-state index contributed by atoms with van der Waals surface area (Å²) in [6, 6.07) is 3.36. The van der Waals surface area contributed by atoms with Crippen molar-refractivity contribution in [1.82, 2.24) is 0 Å². The highest BCUT2D eigenvalue weighted by molar-refractivity contribution is 6.13. The SMILES string of the molecule is COc1cc(OC)c2c(O)c3c(c(OC)c2c1)O[C@@H](C)[C@@H](C)C3=O. The van der Waals surface area contributed by atoms with Crippen molar-refractivity contribution in [2.24, 2.45) is 5.92 Å². The van der Waals surface area contributed by atoms with E-state index in [1.165, 1.54) is 21.3 Å². The van der Waals surface area contributed by atoms with Crippen molar-refractivity contribution in [2.75, 3.05) is 21.3 Å². The minimum atomic E-state index is -0.366. The first-order chi connectivity index (χ1) is 11.4. The lowest BCUT2D eigenvalue weighted by Crippen LogP contribution is -2.33. The molecule has 1 aliphatic rings. The smallest absolute Gasteiger partial charge is 0.177 e. The molecule has 128 valence electrons. The Bertz CT molecular complexity index is 826. The van der Waals surface area contributed by atoms with E-state index in [9.17, 15) is 9.90 Å². The highest BCUT2D eigenvalue weighted by Gasteiger charge is 2.38. The zero-order chi connectivity index (χ0) is 17.6. The van der Waals surface area contributed by atoms with Crippen LogP contribution >= 0.6 is 0 Å². The molecule has 24 heavy (non-hydrogen) atoms. The van der Waals surface area contributed by atoms with Crippen LogP contribution in [-0.4, -0.2) is 38.3 Å². The van der Waals surface area contributed by atoms with Gasteiger partial charge in [0.1, 0.15) is 28.9 Å². The lowest BCUT2D eigenvalue weighted by atomic mass is 9.88. The van der Waals surface area contributed by atoms with Crippen LogP contribution in [0.4, 0.5) is 0 Å². The summed E-state index contributed by atoms with van der Waals surface area (Å²) in [7, 11) is 4.52. The number of benzene rings is 2. The average molecular weight is 332 g/mol. The Hall–Kier alpha value is -2.63. The maximum atomic E-state index is 12.7. The van der Waals surface area contributed by atoms with Gasteiger partial charge in [-0.3, -0.25) is 4.79 Å². The van der Waals surface area contributed by atoms with E-state index in [2.05, 4.69) is 0 Å². The molecule has 0 radical (unpaired) electrons. The minimum absolute atomic E-state index is 0.133. The summed E-state index contributed by atoms with van der Waals surface area (Å²) in [4.78, 5) is 12.7. The molecule has 1 N–H and O–H groups in total. The second-order valence-electron chi connectivity index (χ2n) is 5.81. The molecule has 3 rings (SSSR count). The Balaban J connectivity index is 2.48. The number of hydrogen-bond acceptors (Lipinski definition) is 6. The average Bonchev–Trinajstić information content (AvgIpc) is 2.58. The number of phenolic OH excluding ortho intramolecular Hbond substituents is 1. The van der Waals surface area contributed by atoms with Crippen LogP contribution in [0, 0.1) is 5.92 Å². The molecular formula is C18H20O6. The zero-order valence-corrected chi connectivity index (χ0v) is 14.3. The van der Waals surface area contributed by atoms with Crippen molar-refractivity contribution in [3.05, 3.63) is 17.7 Å². The number of carbonyl (C=O) groups is 1. The number of phenols is 1. The van der Waals surface area contributed by atoms with E-state index in [0.717, 1.165) is 0 Å². The molecule has 1 aliphatic heterocycles. The quantitative estimate of drug-likeness (QED) is 0.930. The van der Waals surface area contributed by atoms with Gasteiger partial charge in [-0.05, 0) is 13.0 Å². The van der Waals surface area contributed by atoms with Gasteiger partial charge >= 0.3 is 0 Å². The molecule has 6 heteroatoms. The van der Waals surface area contributed by atoms with Gasteiger partial charge in [0.2, 0.25) is 0 Å². The number of hydrogen-bond donors (Lipinski definition) is 1. The van der Waals surface area contributed by atoms with Crippen LogP contribution in [0.2, 0.25) is 0 Å². The zero-order valence-electron chi connectivity index (χ0n) is 14.3. The Morgan fingerprint density at radius 3 is 2.38 bits per heavy atom. The number of fused-ring (bicyclic) bond motifs is 2. The van der Waals surface area contributed by atoms with E-state index >= 15 is 0 Å². The van der Waals surface area contributed by atoms with Gasteiger partial charge in [0.15, 0.2) is 17.3 Å². The van der Waals surface area contributed by atoms with Crippen molar-refractivity contribution < 1.29 is 28.8 Å². The van der Waals surface area contributed by atoms with Gasteiger partial charge < -0.3 is 24.1 Å². The molecule has 0 bridgehead atoms. The Morgan fingerprint density at radius 2 is 1.79 bits per heavy atom. The lowest BCUT2D eigenvalue weighted by molar-refractivity contribution is 0.0717. The van der Waals surface area contributed by atoms with Gasteiger partial charge in [-0.15, -0.1) is 0 Å². The number of Topliss-reactive ketones (excluding diaryl/α,β-unsaturated/α-hetero) is 1. The van der Waals surface area contributed by atoms with Gasteiger partial charge in [0.05, 0.1) is 32.6 Å². The summed E-state index contributed by atoms with van der Waals surface area (Å²) < 4.78 is 22.1. The fraction of sp³-hybridized carbons (Fsp3) is 0.389. The largest absolute Gasteiger partial charge is 0.506 e. The second kappa shape index (κ2) is 5.78. The molecule has 0 spiro atoms. The van der Waals surface area contributed by atoms with Crippen LogP contribution in [0.1, 0.15) is 24.2 Å². The van der Waals surface area contributed by atoms with E-state index in [4.69, 9.17) is 18.9 Å². The molecule has 2 atom stereocenters. The standard InChI is InChI=1S/C18H20O6/c1-8-9(2)24-18-14(15(8)19)16(20)13-11(17(18)23-5)6-10(21-3)7-12(13)22-4/h6-9,20H,1-5H3/t8-,9+/m1/s1. The number of ketones is 1. The summed E-state index contributed by atoms with van der Waals surface area (Å²) >= 11 is 0. The fourth-order valence-electron chi connectivity index (χ4n) is 3.03. The molecule has 0 aromatic heterocycles. The normalized spacial score (nSPS) is 19.6. The van der Waals surface area contributed by atoms with Crippen molar-refractivity contribution >= 4 is 16.6 Å². The monoisotopic (exact) mass is 332 g/mol. The molecule has 0 unspecified atom stereocenters. The van der Waals surface area contributed by atoms with Crippen molar-refractivity contribution in [3.63, 3.8) is 0 Å². The van der Waals surface area contributed by atoms with Crippen LogP contribution in [0.25, 0.3) is 10.8 Å². The topological polar surface area (TPSA) is 74.2 Å². The Morgan fingerprint density at radius 1 is 1.08 bits per heavy atom. The van der Waals surface area contributed by atoms with Gasteiger partial charge in [0.25, 0.3) is 0 Å². The summed E-state index contributed by atoms with van der Waals surface area (Å²) in [5.41, 5.74) is 0.133. The van der Waals surface area contributed by atoms with Gasteiger partial charge in [-0.1, -0.05) is 6.92 Å². The first-order valence-corrected chi connectivity index (χ1v) is 7.64. The second-order valence-corrected chi connectivity index (χ2v) is 5.81. The number of ether oxygens (including phenoxy) is 4. The van der Waals surface area contributed by atoms with Crippen LogP contribution in [0.3, 0.4) is 0 Å². The van der Waals surface area contributed by atoms with Crippen molar-refractivity contribution in [2.45, 2.75) is 20.0 Å². The molecule has 6 nitrogen and oxygen atoms in total. The lowest BCUT2D eigenvalue weighted by Gasteiger charge is -2.30. The molecule has 0 saturated heterocycles. The molecular weight excluding hydrogens is 312 g/mol. The van der Waals surface area contributed by atoms with E-state index in [0.29, 0.717) is 28.0 Å². The summed E-state index contributed by atoms with van der Waals surface area (Å²) in [5, 5.41) is 11.7. The number of carbonyl (C=O) groups excluding carboxylic acids is 1. The third kappa shape index (κ3) is 2.13. The van der Waals surface area contributed by atoms with E-state index < -0.39 is 0 Å².